The van der Waals surface area contributed by atoms with Crippen molar-refractivity contribution >= 4 is 17.3 Å². The van der Waals surface area contributed by atoms with Crippen molar-refractivity contribution in [3.8, 4) is 6.07 Å². The van der Waals surface area contributed by atoms with E-state index in [9.17, 15) is 0 Å². The Hall–Kier alpha value is -3.33. The van der Waals surface area contributed by atoms with Crippen LogP contribution in [0, 0.1) is 11.3 Å². The second-order valence-electron chi connectivity index (χ2n) is 4.54. The summed E-state index contributed by atoms with van der Waals surface area (Å²) in [7, 11) is 0. The van der Waals surface area contributed by atoms with Gasteiger partial charge in [-0.3, -0.25) is 0 Å². The van der Waals surface area contributed by atoms with Gasteiger partial charge in [0.15, 0.2) is 0 Å². The summed E-state index contributed by atoms with van der Waals surface area (Å²) in [6, 6.07) is 14.8. The molecule has 6 heteroatoms. The third-order valence-electron chi connectivity index (χ3n) is 2.95. The topological polar surface area (TPSA) is 86.8 Å². The third kappa shape index (κ3) is 3.41. The number of hydrogen-bond acceptors (Lipinski definition) is 6. The molecule has 0 amide bonds. The Morgan fingerprint density at radius 2 is 2.00 bits per heavy atom. The zero-order valence-electron chi connectivity index (χ0n) is 11.7. The number of aromatic nitrogens is 2. The molecule has 0 fully saturated rings. The monoisotopic (exact) mass is 291 g/mol. The first kappa shape index (κ1) is 13.6. The number of hydrogen-bond donors (Lipinski definition) is 2. The van der Waals surface area contributed by atoms with E-state index in [1.165, 1.54) is 6.33 Å². The molecule has 22 heavy (non-hydrogen) atoms. The zero-order chi connectivity index (χ0) is 15.2. The molecular weight excluding hydrogens is 278 g/mol. The SMILES string of the molecule is N#Cc1cccc(Nc2cc(NCc3ccco3)ncn2)c1. The third-order valence-corrected chi connectivity index (χ3v) is 2.95. The van der Waals surface area contributed by atoms with Crippen LogP contribution in [-0.2, 0) is 6.54 Å². The Morgan fingerprint density at radius 3 is 2.82 bits per heavy atom. The molecule has 0 saturated heterocycles. The van der Waals surface area contributed by atoms with Crippen molar-refractivity contribution in [2.45, 2.75) is 6.54 Å². The van der Waals surface area contributed by atoms with Crippen molar-refractivity contribution in [1.82, 2.24) is 9.97 Å². The predicted octanol–water partition coefficient (Wildman–Crippen LogP) is 3.30. The van der Waals surface area contributed by atoms with Crippen LogP contribution in [0.3, 0.4) is 0 Å². The van der Waals surface area contributed by atoms with Gasteiger partial charge in [-0.1, -0.05) is 6.07 Å². The van der Waals surface area contributed by atoms with Crippen LogP contribution in [0.2, 0.25) is 0 Å². The first-order valence-electron chi connectivity index (χ1n) is 6.69. The van der Waals surface area contributed by atoms with Gasteiger partial charge < -0.3 is 15.1 Å². The normalized spacial score (nSPS) is 9.95. The van der Waals surface area contributed by atoms with Crippen LogP contribution in [0.4, 0.5) is 17.3 Å². The van der Waals surface area contributed by atoms with Gasteiger partial charge in [-0.15, -0.1) is 0 Å². The maximum Gasteiger partial charge on any atom is 0.135 e. The van der Waals surface area contributed by atoms with E-state index in [2.05, 4.69) is 26.7 Å². The molecule has 0 saturated carbocycles. The van der Waals surface area contributed by atoms with Crippen LogP contribution in [-0.4, -0.2) is 9.97 Å². The van der Waals surface area contributed by atoms with Crippen LogP contribution in [0.1, 0.15) is 11.3 Å². The molecule has 0 atom stereocenters. The minimum Gasteiger partial charge on any atom is -0.467 e. The summed E-state index contributed by atoms with van der Waals surface area (Å²) in [5, 5.41) is 15.2. The molecule has 0 aliphatic rings. The molecule has 2 N–H and O–H groups in total. The molecule has 0 spiro atoms. The molecule has 3 aromatic rings. The van der Waals surface area contributed by atoms with Crippen LogP contribution in [0.5, 0.6) is 0 Å². The summed E-state index contributed by atoms with van der Waals surface area (Å²) in [5.41, 5.74) is 1.39. The highest BCUT2D eigenvalue weighted by Crippen LogP contribution is 2.17. The summed E-state index contributed by atoms with van der Waals surface area (Å²) in [4.78, 5) is 8.32. The van der Waals surface area contributed by atoms with Gasteiger partial charge in [0, 0.05) is 11.8 Å². The molecule has 0 aliphatic heterocycles. The second-order valence-corrected chi connectivity index (χ2v) is 4.54. The molecule has 3 rings (SSSR count). The van der Waals surface area contributed by atoms with Crippen LogP contribution in [0.15, 0.2) is 59.5 Å². The molecule has 0 bridgehead atoms. The van der Waals surface area contributed by atoms with Gasteiger partial charge in [0.2, 0.25) is 0 Å². The van der Waals surface area contributed by atoms with Gasteiger partial charge >= 0.3 is 0 Å². The predicted molar refractivity (Wildman–Crippen MR) is 82.5 cm³/mol. The maximum atomic E-state index is 8.91. The van der Waals surface area contributed by atoms with Crippen LogP contribution in [0.25, 0.3) is 0 Å². The molecule has 2 aromatic heterocycles. The van der Waals surface area contributed by atoms with Gasteiger partial charge in [0.25, 0.3) is 0 Å². The molecule has 2 heterocycles. The number of nitriles is 1. The van der Waals surface area contributed by atoms with E-state index < -0.39 is 0 Å². The van der Waals surface area contributed by atoms with Gasteiger partial charge in [-0.2, -0.15) is 5.26 Å². The van der Waals surface area contributed by atoms with Crippen molar-refractivity contribution in [1.29, 1.82) is 5.26 Å². The van der Waals surface area contributed by atoms with Crippen molar-refractivity contribution in [2.75, 3.05) is 10.6 Å². The maximum absolute atomic E-state index is 8.91. The largest absolute Gasteiger partial charge is 0.467 e. The quantitative estimate of drug-likeness (QED) is 0.750. The molecular formula is C16H13N5O. The van der Waals surface area contributed by atoms with Crippen LogP contribution < -0.4 is 10.6 Å². The van der Waals surface area contributed by atoms with Gasteiger partial charge in [0.1, 0.15) is 23.7 Å². The van der Waals surface area contributed by atoms with Crippen LogP contribution >= 0.6 is 0 Å². The summed E-state index contributed by atoms with van der Waals surface area (Å²) in [6.45, 7) is 0.549. The Labute approximate surface area is 127 Å². The number of anilines is 3. The average molecular weight is 291 g/mol. The lowest BCUT2D eigenvalue weighted by Crippen LogP contribution is -2.02. The van der Waals surface area contributed by atoms with E-state index in [1.54, 1.807) is 24.5 Å². The Morgan fingerprint density at radius 1 is 1.09 bits per heavy atom. The molecule has 6 nitrogen and oxygen atoms in total. The smallest absolute Gasteiger partial charge is 0.135 e. The fourth-order valence-corrected chi connectivity index (χ4v) is 1.93. The number of nitrogens with zero attached hydrogens (tertiary/aromatic N) is 3. The Balaban J connectivity index is 1.69. The van der Waals surface area contributed by atoms with E-state index in [0.29, 0.717) is 23.7 Å². The molecule has 0 unspecified atom stereocenters. The van der Waals surface area contributed by atoms with E-state index >= 15 is 0 Å². The fourth-order valence-electron chi connectivity index (χ4n) is 1.93. The highest BCUT2D eigenvalue weighted by Gasteiger charge is 2.02. The Kier molecular flexibility index (Phi) is 3.98. The van der Waals surface area contributed by atoms with E-state index in [1.807, 2.05) is 24.3 Å². The molecule has 1 aromatic carbocycles. The van der Waals surface area contributed by atoms with Crippen molar-refractivity contribution in [2.24, 2.45) is 0 Å². The Bertz CT molecular complexity index is 792. The standard InChI is InChI=1S/C16H13N5O/c17-9-12-3-1-4-13(7-12)21-16-8-15(19-11-20-16)18-10-14-5-2-6-22-14/h1-8,11H,10H2,(H2,18,19,20,21). The average Bonchev–Trinajstić information content (AvgIpc) is 3.07. The summed E-state index contributed by atoms with van der Waals surface area (Å²) < 4.78 is 5.25. The zero-order valence-corrected chi connectivity index (χ0v) is 11.7. The number of rotatable bonds is 5. The molecule has 108 valence electrons. The highest BCUT2D eigenvalue weighted by atomic mass is 16.3. The first-order valence-corrected chi connectivity index (χ1v) is 6.69. The van der Waals surface area contributed by atoms with Gasteiger partial charge in [-0.25, -0.2) is 9.97 Å². The van der Waals surface area contributed by atoms with Gasteiger partial charge in [-0.05, 0) is 30.3 Å². The van der Waals surface area contributed by atoms with E-state index in [4.69, 9.17) is 9.68 Å². The van der Waals surface area contributed by atoms with Gasteiger partial charge in [0.05, 0.1) is 24.4 Å². The molecule has 0 radical (unpaired) electrons. The van der Waals surface area contributed by atoms with Crippen molar-refractivity contribution in [3.05, 3.63) is 66.4 Å². The van der Waals surface area contributed by atoms with Crippen molar-refractivity contribution in [3.63, 3.8) is 0 Å². The number of furan rings is 1. The summed E-state index contributed by atoms with van der Waals surface area (Å²) >= 11 is 0. The fraction of sp³-hybridized carbons (Fsp3) is 0.0625. The lowest BCUT2D eigenvalue weighted by molar-refractivity contribution is 0.518. The van der Waals surface area contributed by atoms with E-state index in [0.717, 1.165) is 11.4 Å². The summed E-state index contributed by atoms with van der Waals surface area (Å²) in [6.07, 6.45) is 3.10. The first-order chi connectivity index (χ1) is 10.8. The lowest BCUT2D eigenvalue weighted by Gasteiger charge is -2.08. The second kappa shape index (κ2) is 6.41. The van der Waals surface area contributed by atoms with E-state index in [-0.39, 0.29) is 0 Å². The minimum absolute atomic E-state index is 0.549. The lowest BCUT2D eigenvalue weighted by atomic mass is 10.2. The van der Waals surface area contributed by atoms with Crippen molar-refractivity contribution < 1.29 is 4.42 Å². The summed E-state index contributed by atoms with van der Waals surface area (Å²) in [5.74, 6) is 2.16. The highest BCUT2D eigenvalue weighted by molar-refractivity contribution is 5.60. The molecule has 0 aliphatic carbocycles. The minimum atomic E-state index is 0.549. The number of benzene rings is 1. The number of nitrogens with one attached hydrogen (secondary N) is 2.